The van der Waals surface area contributed by atoms with Gasteiger partial charge >= 0.3 is 0 Å². The maximum Gasteiger partial charge on any atom is 0.249 e. The monoisotopic (exact) mass is 286 g/mol. The molecule has 68 valence electrons. The van der Waals surface area contributed by atoms with Crippen LogP contribution < -0.4 is 0 Å². The van der Waals surface area contributed by atoms with Crippen molar-refractivity contribution in [2.24, 2.45) is 0 Å². The van der Waals surface area contributed by atoms with Gasteiger partial charge in [0.05, 0.1) is 5.54 Å². The first-order chi connectivity index (χ1) is 5.34. The molecule has 0 saturated heterocycles. The van der Waals surface area contributed by atoms with E-state index in [-0.39, 0.29) is 3.57 Å². The Bertz CT molecular complexity index is 301. The van der Waals surface area contributed by atoms with Crippen LogP contribution in [0.4, 0.5) is 8.78 Å². The van der Waals surface area contributed by atoms with Gasteiger partial charge in [-0.15, -0.1) is 5.10 Å². The molecule has 2 nitrogen and oxygen atoms in total. The van der Waals surface area contributed by atoms with Crippen molar-refractivity contribution in [3.05, 3.63) is 15.5 Å². The summed E-state index contributed by atoms with van der Waals surface area (Å²) in [7, 11) is 0. The van der Waals surface area contributed by atoms with Gasteiger partial charge in [-0.3, -0.25) is 0 Å². The second-order valence-corrected chi connectivity index (χ2v) is 4.56. The van der Waals surface area contributed by atoms with Gasteiger partial charge in [-0.1, -0.05) is 0 Å². The van der Waals surface area contributed by atoms with Crippen molar-refractivity contribution in [1.29, 1.82) is 0 Å². The van der Waals surface area contributed by atoms with E-state index in [9.17, 15) is 8.78 Å². The average Bonchev–Trinajstić information content (AvgIpc) is 2.15. The largest absolute Gasteiger partial charge is 0.249 e. The van der Waals surface area contributed by atoms with Gasteiger partial charge in [0, 0.05) is 0 Å². The molecule has 1 heterocycles. The average molecular weight is 286 g/mol. The molecule has 0 amide bonds. The molecule has 0 N–H and O–H groups in total. The van der Waals surface area contributed by atoms with E-state index in [1.54, 1.807) is 43.4 Å². The Morgan fingerprint density at radius 1 is 1.33 bits per heavy atom. The normalized spacial score (nSPS) is 12.2. The van der Waals surface area contributed by atoms with Crippen LogP contribution in [0.2, 0.25) is 0 Å². The summed E-state index contributed by atoms with van der Waals surface area (Å²) in [5.41, 5.74) is -0.519. The zero-order valence-electron chi connectivity index (χ0n) is 7.03. The minimum atomic E-state index is -0.747. The Morgan fingerprint density at radius 2 is 1.83 bits per heavy atom. The third kappa shape index (κ3) is 1.60. The van der Waals surface area contributed by atoms with Crippen LogP contribution in [0, 0.1) is 15.5 Å². The molecule has 0 atom stereocenters. The Morgan fingerprint density at radius 3 is 2.00 bits per heavy atom. The Kier molecular flexibility index (Phi) is 2.42. The second kappa shape index (κ2) is 2.93. The molecule has 0 aliphatic rings. The van der Waals surface area contributed by atoms with E-state index in [1.165, 1.54) is 0 Å². The lowest BCUT2D eigenvalue weighted by Crippen LogP contribution is -2.25. The number of aromatic nitrogens is 2. The van der Waals surface area contributed by atoms with Crippen molar-refractivity contribution in [3.8, 4) is 0 Å². The van der Waals surface area contributed by atoms with E-state index in [4.69, 9.17) is 0 Å². The number of halogens is 3. The molecule has 0 fully saturated rings. The standard InChI is InChI=1S/C7H9F2IN2/c1-7(2,3)12-6(9)4(10)5(8)11-12/h1-3H3. The van der Waals surface area contributed by atoms with Crippen LogP contribution in [-0.2, 0) is 5.54 Å². The maximum atomic E-state index is 13.2. The highest BCUT2D eigenvalue weighted by molar-refractivity contribution is 14.1. The quantitative estimate of drug-likeness (QED) is 0.670. The summed E-state index contributed by atoms with van der Waals surface area (Å²) in [5.74, 6) is -1.36. The first-order valence-electron chi connectivity index (χ1n) is 3.44. The van der Waals surface area contributed by atoms with Crippen molar-refractivity contribution < 1.29 is 8.78 Å². The van der Waals surface area contributed by atoms with Crippen molar-refractivity contribution in [1.82, 2.24) is 9.78 Å². The Labute approximate surface area is 83.1 Å². The summed E-state index contributed by atoms with van der Waals surface area (Å²) in [4.78, 5) is 0. The Balaban J connectivity index is 3.28. The molecule has 12 heavy (non-hydrogen) atoms. The van der Waals surface area contributed by atoms with Crippen LogP contribution in [0.1, 0.15) is 20.8 Å². The predicted octanol–water partition coefficient (Wildman–Crippen LogP) is 2.52. The minimum absolute atomic E-state index is 0.0532. The van der Waals surface area contributed by atoms with Crippen LogP contribution >= 0.6 is 22.6 Å². The third-order valence-electron chi connectivity index (χ3n) is 1.37. The molecule has 0 aromatic carbocycles. The van der Waals surface area contributed by atoms with Crippen LogP contribution in [-0.4, -0.2) is 9.78 Å². The van der Waals surface area contributed by atoms with Crippen LogP contribution in [0.25, 0.3) is 0 Å². The summed E-state index contributed by atoms with van der Waals surface area (Å²) in [6.45, 7) is 5.29. The van der Waals surface area contributed by atoms with Gasteiger partial charge in [-0.2, -0.15) is 8.78 Å². The SMILES string of the molecule is CC(C)(C)n1nc(F)c(I)c1F. The lowest BCUT2D eigenvalue weighted by Gasteiger charge is -2.18. The zero-order chi connectivity index (χ0) is 9.52. The minimum Gasteiger partial charge on any atom is -0.230 e. The molecule has 1 rings (SSSR count). The number of rotatable bonds is 0. The van der Waals surface area contributed by atoms with Gasteiger partial charge in [0.1, 0.15) is 3.57 Å². The molecule has 0 bridgehead atoms. The molecular formula is C7H9F2IN2. The smallest absolute Gasteiger partial charge is 0.230 e. The highest BCUT2D eigenvalue weighted by atomic mass is 127. The van der Waals surface area contributed by atoms with Crippen molar-refractivity contribution >= 4 is 22.6 Å². The highest BCUT2D eigenvalue weighted by Gasteiger charge is 2.23. The highest BCUT2D eigenvalue weighted by Crippen LogP contribution is 2.20. The molecule has 1 aromatic heterocycles. The van der Waals surface area contributed by atoms with Crippen LogP contribution in [0.5, 0.6) is 0 Å². The van der Waals surface area contributed by atoms with E-state index in [0.717, 1.165) is 4.68 Å². The lowest BCUT2D eigenvalue weighted by molar-refractivity contribution is 0.292. The summed E-state index contributed by atoms with van der Waals surface area (Å²) in [5, 5.41) is 3.45. The molecule has 0 aliphatic heterocycles. The summed E-state index contributed by atoms with van der Waals surface area (Å²) >= 11 is 1.60. The fourth-order valence-electron chi connectivity index (χ4n) is 0.798. The van der Waals surface area contributed by atoms with Crippen molar-refractivity contribution in [2.75, 3.05) is 0 Å². The maximum absolute atomic E-state index is 13.2. The molecular weight excluding hydrogens is 277 g/mol. The van der Waals surface area contributed by atoms with Gasteiger partial charge in [-0.05, 0) is 43.4 Å². The van der Waals surface area contributed by atoms with Crippen LogP contribution in [0.15, 0.2) is 0 Å². The van der Waals surface area contributed by atoms with Crippen molar-refractivity contribution in [2.45, 2.75) is 26.3 Å². The molecule has 0 aliphatic carbocycles. The summed E-state index contributed by atoms with van der Waals surface area (Å²) < 4.78 is 26.9. The fraction of sp³-hybridized carbons (Fsp3) is 0.571. The number of hydrogen-bond donors (Lipinski definition) is 0. The topological polar surface area (TPSA) is 17.8 Å². The van der Waals surface area contributed by atoms with Gasteiger partial charge in [0.2, 0.25) is 11.9 Å². The van der Waals surface area contributed by atoms with Crippen LogP contribution in [0.3, 0.4) is 0 Å². The van der Waals surface area contributed by atoms with E-state index in [0.29, 0.717) is 0 Å². The van der Waals surface area contributed by atoms with E-state index < -0.39 is 17.4 Å². The van der Waals surface area contributed by atoms with Gasteiger partial charge in [-0.25, -0.2) is 4.68 Å². The first kappa shape index (κ1) is 9.88. The zero-order valence-corrected chi connectivity index (χ0v) is 9.19. The van der Waals surface area contributed by atoms with Gasteiger partial charge in [0.15, 0.2) is 0 Å². The molecule has 1 aromatic rings. The summed E-state index contributed by atoms with van der Waals surface area (Å²) in [6, 6.07) is 0. The third-order valence-corrected chi connectivity index (χ3v) is 2.26. The second-order valence-electron chi connectivity index (χ2n) is 3.48. The molecule has 0 unspecified atom stereocenters. The van der Waals surface area contributed by atoms with E-state index in [1.807, 2.05) is 0 Å². The molecule has 0 saturated carbocycles. The molecule has 5 heteroatoms. The first-order valence-corrected chi connectivity index (χ1v) is 4.52. The molecule has 0 radical (unpaired) electrons. The predicted molar refractivity (Wildman–Crippen MR) is 49.9 cm³/mol. The van der Waals surface area contributed by atoms with Crippen molar-refractivity contribution in [3.63, 3.8) is 0 Å². The number of hydrogen-bond acceptors (Lipinski definition) is 1. The lowest BCUT2D eigenvalue weighted by atomic mass is 10.1. The van der Waals surface area contributed by atoms with Gasteiger partial charge in [0.25, 0.3) is 0 Å². The van der Waals surface area contributed by atoms with E-state index >= 15 is 0 Å². The molecule has 0 spiro atoms. The fourth-order valence-corrected chi connectivity index (χ4v) is 1.13. The summed E-state index contributed by atoms with van der Waals surface area (Å²) in [6.07, 6.45) is 0. The Hall–Kier alpha value is -0.200. The van der Waals surface area contributed by atoms with Gasteiger partial charge < -0.3 is 0 Å². The number of nitrogens with zero attached hydrogens (tertiary/aromatic N) is 2. The van der Waals surface area contributed by atoms with E-state index in [2.05, 4.69) is 5.10 Å².